The predicted molar refractivity (Wildman–Crippen MR) is 91.0 cm³/mol. The second-order valence-corrected chi connectivity index (χ2v) is 8.45. The number of aliphatic carboxylic acids is 1. The van der Waals surface area contributed by atoms with Crippen LogP contribution in [0.4, 0.5) is 0 Å². The first-order chi connectivity index (χ1) is 11.6. The standard InChI is InChI=1S/C17H18N2O5S/c1-9(20)17(18-12(21)10-7-5-4-6-8-10)14(24)19-11(13(22)23)16(2,3)25-15(17)19/h4-8,11,15H,1-3H3,(H,18,21)(H,22,23)/t11-,15+,17-/m0/s1. The van der Waals surface area contributed by atoms with E-state index in [1.54, 1.807) is 44.2 Å². The fourth-order valence-corrected chi connectivity index (χ4v) is 5.18. The molecule has 0 bridgehead atoms. The predicted octanol–water partition coefficient (Wildman–Crippen LogP) is 0.891. The van der Waals surface area contributed by atoms with Crippen LogP contribution in [0.25, 0.3) is 0 Å². The minimum Gasteiger partial charge on any atom is -0.480 e. The Morgan fingerprint density at radius 2 is 1.80 bits per heavy atom. The summed E-state index contributed by atoms with van der Waals surface area (Å²) in [6, 6.07) is 7.22. The molecule has 8 heteroatoms. The van der Waals surface area contributed by atoms with Crippen LogP contribution < -0.4 is 5.32 Å². The van der Waals surface area contributed by atoms with Gasteiger partial charge in [0.25, 0.3) is 11.8 Å². The molecule has 2 aliphatic heterocycles. The number of carbonyl (C=O) groups excluding carboxylic acids is 3. The molecule has 2 amide bonds. The van der Waals surface area contributed by atoms with Crippen LogP contribution in [0.2, 0.25) is 0 Å². The molecular formula is C17H18N2O5S. The van der Waals surface area contributed by atoms with Gasteiger partial charge >= 0.3 is 5.97 Å². The van der Waals surface area contributed by atoms with E-state index in [2.05, 4.69) is 5.32 Å². The first-order valence-electron chi connectivity index (χ1n) is 7.75. The third-order valence-electron chi connectivity index (χ3n) is 4.68. The molecule has 2 fully saturated rings. The molecule has 7 nitrogen and oxygen atoms in total. The zero-order chi connectivity index (χ0) is 18.6. The molecule has 132 valence electrons. The zero-order valence-corrected chi connectivity index (χ0v) is 14.8. The van der Waals surface area contributed by atoms with Gasteiger partial charge in [-0.1, -0.05) is 18.2 Å². The van der Waals surface area contributed by atoms with E-state index in [0.29, 0.717) is 5.56 Å². The molecule has 3 atom stereocenters. The number of hydrogen-bond acceptors (Lipinski definition) is 5. The van der Waals surface area contributed by atoms with Crippen molar-refractivity contribution in [2.24, 2.45) is 0 Å². The number of carbonyl (C=O) groups is 4. The van der Waals surface area contributed by atoms with Crippen LogP contribution in [-0.4, -0.2) is 55.3 Å². The van der Waals surface area contributed by atoms with Crippen LogP contribution in [-0.2, 0) is 14.4 Å². The molecule has 0 radical (unpaired) electrons. The lowest BCUT2D eigenvalue weighted by Crippen LogP contribution is -2.82. The van der Waals surface area contributed by atoms with E-state index in [-0.39, 0.29) is 0 Å². The molecule has 0 aromatic heterocycles. The van der Waals surface area contributed by atoms with Crippen LogP contribution in [0.1, 0.15) is 31.1 Å². The highest BCUT2D eigenvalue weighted by Crippen LogP contribution is 2.55. The normalized spacial score (nSPS) is 29.6. The van der Waals surface area contributed by atoms with Gasteiger partial charge in [0.2, 0.25) is 5.54 Å². The summed E-state index contributed by atoms with van der Waals surface area (Å²) in [5.74, 6) is -2.84. The van der Waals surface area contributed by atoms with Crippen LogP contribution in [0.3, 0.4) is 0 Å². The van der Waals surface area contributed by atoms with Crippen molar-refractivity contribution < 1.29 is 24.3 Å². The molecule has 2 aliphatic rings. The Bertz CT molecular complexity index is 779. The molecule has 0 aliphatic carbocycles. The Hall–Kier alpha value is -2.35. The Morgan fingerprint density at radius 3 is 2.32 bits per heavy atom. The lowest BCUT2D eigenvalue weighted by Gasteiger charge is -2.51. The quantitative estimate of drug-likeness (QED) is 0.609. The summed E-state index contributed by atoms with van der Waals surface area (Å²) in [4.78, 5) is 50.4. The number of fused-ring (bicyclic) bond motifs is 1. The van der Waals surface area contributed by atoms with Crippen molar-refractivity contribution in [2.75, 3.05) is 0 Å². The van der Waals surface area contributed by atoms with E-state index in [9.17, 15) is 24.3 Å². The average Bonchev–Trinajstić information content (AvgIpc) is 2.81. The topological polar surface area (TPSA) is 104 Å². The number of carboxylic acid groups (broad SMARTS) is 1. The average molecular weight is 362 g/mol. The molecule has 0 saturated carbocycles. The van der Waals surface area contributed by atoms with Crippen LogP contribution >= 0.6 is 11.8 Å². The van der Waals surface area contributed by atoms with Gasteiger partial charge in [0.15, 0.2) is 5.78 Å². The molecule has 2 saturated heterocycles. The van der Waals surface area contributed by atoms with Gasteiger partial charge in [-0.15, -0.1) is 11.8 Å². The van der Waals surface area contributed by atoms with Crippen LogP contribution in [0, 0.1) is 0 Å². The Balaban J connectivity index is 1.96. The number of Topliss-reactive ketones (excluding diaryl/α,β-unsaturated/α-hetero) is 1. The number of benzene rings is 1. The summed E-state index contributed by atoms with van der Waals surface area (Å²) in [6.45, 7) is 4.67. The van der Waals surface area contributed by atoms with E-state index >= 15 is 0 Å². The summed E-state index contributed by atoms with van der Waals surface area (Å²) < 4.78 is -0.777. The summed E-state index contributed by atoms with van der Waals surface area (Å²) in [5, 5.41) is 11.3. The molecular weight excluding hydrogens is 344 g/mol. The lowest BCUT2D eigenvalue weighted by atomic mass is 9.81. The molecule has 2 heterocycles. The molecule has 1 aromatic rings. The Kier molecular flexibility index (Phi) is 3.90. The highest BCUT2D eigenvalue weighted by Gasteiger charge is 2.74. The third-order valence-corrected chi connectivity index (χ3v) is 6.32. The number of ketones is 1. The maximum atomic E-state index is 12.8. The first kappa shape index (κ1) is 17.5. The van der Waals surface area contributed by atoms with Gasteiger partial charge in [-0.25, -0.2) is 4.79 Å². The molecule has 3 rings (SSSR count). The lowest BCUT2D eigenvalue weighted by molar-refractivity contribution is -0.170. The number of amides is 2. The van der Waals surface area contributed by atoms with Gasteiger partial charge in [0.05, 0.1) is 0 Å². The number of carboxylic acids is 1. The summed E-state index contributed by atoms with van der Waals surface area (Å²) in [5.41, 5.74) is -1.40. The SMILES string of the molecule is CC(=O)[C@]1(NC(=O)c2ccccc2)C(=O)N2[C@@H](C(=O)O)C(C)(C)S[C@@H]21. The Morgan fingerprint density at radius 1 is 1.20 bits per heavy atom. The highest BCUT2D eigenvalue weighted by molar-refractivity contribution is 8.01. The third kappa shape index (κ3) is 2.35. The van der Waals surface area contributed by atoms with Crippen LogP contribution in [0.5, 0.6) is 0 Å². The summed E-state index contributed by atoms with van der Waals surface area (Å²) in [6.07, 6.45) is 0. The first-order valence-corrected chi connectivity index (χ1v) is 8.63. The van der Waals surface area contributed by atoms with E-state index in [0.717, 1.165) is 0 Å². The van der Waals surface area contributed by atoms with E-state index in [1.807, 2.05) is 0 Å². The minimum absolute atomic E-state index is 0.325. The highest BCUT2D eigenvalue weighted by atomic mass is 32.2. The van der Waals surface area contributed by atoms with E-state index in [4.69, 9.17) is 0 Å². The van der Waals surface area contributed by atoms with Crippen molar-refractivity contribution in [1.29, 1.82) is 0 Å². The van der Waals surface area contributed by atoms with Gasteiger partial charge < -0.3 is 15.3 Å². The molecule has 0 unspecified atom stereocenters. The van der Waals surface area contributed by atoms with Gasteiger partial charge in [-0.2, -0.15) is 0 Å². The van der Waals surface area contributed by atoms with Gasteiger partial charge in [0.1, 0.15) is 11.4 Å². The van der Waals surface area contributed by atoms with Gasteiger partial charge in [-0.05, 0) is 32.9 Å². The van der Waals surface area contributed by atoms with Gasteiger partial charge in [-0.3, -0.25) is 14.4 Å². The molecule has 0 spiro atoms. The Labute approximate surface area is 148 Å². The van der Waals surface area contributed by atoms with Gasteiger partial charge in [0, 0.05) is 10.3 Å². The monoisotopic (exact) mass is 362 g/mol. The number of β-lactam (4-membered cyclic amide) rings is 1. The number of nitrogens with one attached hydrogen (secondary N) is 1. The minimum atomic E-state index is -1.72. The van der Waals surface area contributed by atoms with Crippen LogP contribution in [0.15, 0.2) is 30.3 Å². The van der Waals surface area contributed by atoms with E-state index < -0.39 is 45.3 Å². The summed E-state index contributed by atoms with van der Waals surface area (Å²) >= 11 is 1.22. The van der Waals surface area contributed by atoms with Crippen molar-refractivity contribution in [1.82, 2.24) is 10.2 Å². The number of hydrogen-bond donors (Lipinski definition) is 2. The zero-order valence-electron chi connectivity index (χ0n) is 14.0. The van der Waals surface area contributed by atoms with Crippen molar-refractivity contribution in [3.63, 3.8) is 0 Å². The number of rotatable bonds is 4. The second kappa shape index (κ2) is 5.59. The van der Waals surface area contributed by atoms with Crippen molar-refractivity contribution in [3.8, 4) is 0 Å². The number of nitrogens with zero attached hydrogens (tertiary/aromatic N) is 1. The van der Waals surface area contributed by atoms with Crippen molar-refractivity contribution >= 4 is 35.3 Å². The molecule has 1 aromatic carbocycles. The fourth-order valence-electron chi connectivity index (χ4n) is 3.43. The molecule has 25 heavy (non-hydrogen) atoms. The largest absolute Gasteiger partial charge is 0.480 e. The molecule has 2 N–H and O–H groups in total. The second-order valence-electron chi connectivity index (χ2n) is 6.71. The van der Waals surface area contributed by atoms with Crippen molar-refractivity contribution in [2.45, 2.75) is 42.5 Å². The van der Waals surface area contributed by atoms with E-state index in [1.165, 1.54) is 23.6 Å². The smallest absolute Gasteiger partial charge is 0.327 e. The summed E-state index contributed by atoms with van der Waals surface area (Å²) in [7, 11) is 0. The fraction of sp³-hybridized carbons (Fsp3) is 0.412. The van der Waals surface area contributed by atoms with Crippen molar-refractivity contribution in [3.05, 3.63) is 35.9 Å². The number of thioether (sulfide) groups is 1. The maximum absolute atomic E-state index is 12.8. The maximum Gasteiger partial charge on any atom is 0.327 e.